The zero-order chi connectivity index (χ0) is 11.4. The molecule has 0 unspecified atom stereocenters. The van der Waals surface area contributed by atoms with Crippen molar-refractivity contribution in [2.45, 2.75) is 19.9 Å². The molecule has 5 heteroatoms. The summed E-state index contributed by atoms with van der Waals surface area (Å²) < 4.78 is 10.8. The molecule has 5 nitrogen and oxygen atoms in total. The summed E-state index contributed by atoms with van der Waals surface area (Å²) in [5, 5.41) is 0. The van der Waals surface area contributed by atoms with E-state index in [1.807, 2.05) is 13.0 Å². The van der Waals surface area contributed by atoms with Gasteiger partial charge in [0.05, 0.1) is 25.9 Å². The Morgan fingerprint density at radius 2 is 2.44 bits per heavy atom. The Morgan fingerprint density at radius 1 is 1.56 bits per heavy atom. The lowest BCUT2D eigenvalue weighted by Gasteiger charge is -2.34. The molecule has 0 radical (unpaired) electrons. The second-order valence-electron chi connectivity index (χ2n) is 3.76. The van der Waals surface area contributed by atoms with Crippen LogP contribution in [-0.2, 0) is 4.74 Å². The highest BCUT2D eigenvalue weighted by molar-refractivity contribution is 5.42. The van der Waals surface area contributed by atoms with Gasteiger partial charge in [0.1, 0.15) is 12.1 Å². The molecule has 0 aromatic carbocycles. The lowest BCUT2D eigenvalue weighted by atomic mass is 10.2. The zero-order valence-electron chi connectivity index (χ0n) is 9.72. The summed E-state index contributed by atoms with van der Waals surface area (Å²) in [6.07, 6.45) is 1.54. The first kappa shape index (κ1) is 11.1. The molecule has 0 amide bonds. The van der Waals surface area contributed by atoms with Crippen molar-refractivity contribution in [2.24, 2.45) is 0 Å². The smallest absolute Gasteiger partial charge is 0.218 e. The summed E-state index contributed by atoms with van der Waals surface area (Å²) in [5.41, 5.74) is 0. The highest BCUT2D eigenvalue weighted by Gasteiger charge is 2.20. The van der Waals surface area contributed by atoms with Gasteiger partial charge in [-0.1, -0.05) is 0 Å². The van der Waals surface area contributed by atoms with Crippen molar-refractivity contribution in [3.8, 4) is 5.88 Å². The predicted octanol–water partition coefficient (Wildman–Crippen LogP) is 1.10. The second kappa shape index (κ2) is 5.12. The fourth-order valence-electron chi connectivity index (χ4n) is 1.78. The van der Waals surface area contributed by atoms with Crippen molar-refractivity contribution in [3.05, 3.63) is 12.4 Å². The van der Waals surface area contributed by atoms with Crippen molar-refractivity contribution in [2.75, 3.05) is 31.3 Å². The molecule has 1 aromatic rings. The van der Waals surface area contributed by atoms with Crippen LogP contribution < -0.4 is 9.64 Å². The number of hydrogen-bond acceptors (Lipinski definition) is 5. The van der Waals surface area contributed by atoms with Gasteiger partial charge in [0.15, 0.2) is 0 Å². The van der Waals surface area contributed by atoms with Crippen LogP contribution in [0.2, 0.25) is 0 Å². The maximum atomic E-state index is 5.39. The lowest BCUT2D eigenvalue weighted by molar-refractivity contribution is 0.0985. The van der Waals surface area contributed by atoms with E-state index < -0.39 is 0 Å². The summed E-state index contributed by atoms with van der Waals surface area (Å²) in [4.78, 5) is 10.5. The number of aromatic nitrogens is 2. The molecule has 0 N–H and O–H groups in total. The van der Waals surface area contributed by atoms with E-state index in [1.54, 1.807) is 6.33 Å². The minimum absolute atomic E-state index is 0.345. The maximum absolute atomic E-state index is 5.39. The lowest BCUT2D eigenvalue weighted by Crippen LogP contribution is -2.44. The Kier molecular flexibility index (Phi) is 3.56. The fourth-order valence-corrected chi connectivity index (χ4v) is 1.78. The topological polar surface area (TPSA) is 47.5 Å². The highest BCUT2D eigenvalue weighted by atomic mass is 16.5. The van der Waals surface area contributed by atoms with E-state index in [1.165, 1.54) is 0 Å². The van der Waals surface area contributed by atoms with Crippen LogP contribution in [0.5, 0.6) is 5.88 Å². The van der Waals surface area contributed by atoms with Crippen LogP contribution in [0.25, 0.3) is 0 Å². The standard InChI is InChI=1S/C11H17N3O2/c1-3-16-11-6-10(12-8-13-11)14-4-5-15-7-9(14)2/h6,8-9H,3-5,7H2,1-2H3/t9-/m0/s1. The van der Waals surface area contributed by atoms with Gasteiger partial charge < -0.3 is 14.4 Å². The van der Waals surface area contributed by atoms with Crippen LogP contribution in [0, 0.1) is 0 Å². The normalized spacial score (nSPS) is 20.9. The molecule has 0 spiro atoms. The number of ether oxygens (including phenoxy) is 2. The van der Waals surface area contributed by atoms with E-state index in [0.29, 0.717) is 18.5 Å². The Bertz CT molecular complexity index is 346. The van der Waals surface area contributed by atoms with Gasteiger partial charge in [0, 0.05) is 12.6 Å². The third-order valence-corrected chi connectivity index (χ3v) is 2.58. The van der Waals surface area contributed by atoms with Gasteiger partial charge in [-0.15, -0.1) is 0 Å². The molecule has 1 aliphatic rings. The van der Waals surface area contributed by atoms with Gasteiger partial charge in [0.25, 0.3) is 0 Å². The van der Waals surface area contributed by atoms with Crippen LogP contribution in [0.4, 0.5) is 5.82 Å². The van der Waals surface area contributed by atoms with Crippen molar-refractivity contribution >= 4 is 5.82 Å². The monoisotopic (exact) mass is 223 g/mol. The molecule has 1 aromatic heterocycles. The predicted molar refractivity (Wildman–Crippen MR) is 60.8 cm³/mol. The van der Waals surface area contributed by atoms with E-state index in [0.717, 1.165) is 25.6 Å². The van der Waals surface area contributed by atoms with E-state index in [4.69, 9.17) is 9.47 Å². The zero-order valence-corrected chi connectivity index (χ0v) is 9.72. The second-order valence-corrected chi connectivity index (χ2v) is 3.76. The summed E-state index contributed by atoms with van der Waals surface area (Å²) in [6, 6.07) is 2.23. The van der Waals surface area contributed by atoms with Crippen molar-refractivity contribution < 1.29 is 9.47 Å². The van der Waals surface area contributed by atoms with Crippen molar-refractivity contribution in [3.63, 3.8) is 0 Å². The molecule has 88 valence electrons. The minimum Gasteiger partial charge on any atom is -0.478 e. The summed E-state index contributed by atoms with van der Waals surface area (Å²) in [5.74, 6) is 1.54. The molecular formula is C11H17N3O2. The van der Waals surface area contributed by atoms with Crippen molar-refractivity contribution in [1.82, 2.24) is 9.97 Å². The molecule has 1 atom stereocenters. The van der Waals surface area contributed by atoms with Crippen LogP contribution in [0.15, 0.2) is 12.4 Å². The van der Waals surface area contributed by atoms with Gasteiger partial charge in [-0.2, -0.15) is 0 Å². The molecule has 0 bridgehead atoms. The average Bonchev–Trinajstić information content (AvgIpc) is 2.30. The quantitative estimate of drug-likeness (QED) is 0.768. The summed E-state index contributed by atoms with van der Waals surface area (Å²) in [7, 11) is 0. The molecular weight excluding hydrogens is 206 g/mol. The molecule has 2 rings (SSSR count). The Balaban J connectivity index is 2.15. The molecule has 1 aliphatic heterocycles. The number of anilines is 1. The molecule has 1 fully saturated rings. The number of rotatable bonds is 3. The SMILES string of the molecule is CCOc1cc(N2CCOC[C@@H]2C)ncn1. The van der Waals surface area contributed by atoms with Crippen LogP contribution in [0.1, 0.15) is 13.8 Å². The first-order chi connectivity index (χ1) is 7.81. The van der Waals surface area contributed by atoms with Gasteiger partial charge in [0.2, 0.25) is 5.88 Å². The fraction of sp³-hybridized carbons (Fsp3) is 0.636. The molecule has 2 heterocycles. The Hall–Kier alpha value is -1.36. The van der Waals surface area contributed by atoms with Crippen LogP contribution in [0.3, 0.4) is 0 Å². The first-order valence-corrected chi connectivity index (χ1v) is 5.60. The Labute approximate surface area is 95.4 Å². The highest BCUT2D eigenvalue weighted by Crippen LogP contribution is 2.19. The van der Waals surface area contributed by atoms with Gasteiger partial charge >= 0.3 is 0 Å². The number of nitrogens with zero attached hydrogens (tertiary/aromatic N) is 3. The van der Waals surface area contributed by atoms with E-state index in [2.05, 4.69) is 21.8 Å². The summed E-state index contributed by atoms with van der Waals surface area (Å²) in [6.45, 7) is 7.05. The summed E-state index contributed by atoms with van der Waals surface area (Å²) >= 11 is 0. The van der Waals surface area contributed by atoms with Gasteiger partial charge in [-0.25, -0.2) is 9.97 Å². The van der Waals surface area contributed by atoms with Crippen LogP contribution in [-0.4, -0.2) is 42.4 Å². The van der Waals surface area contributed by atoms with E-state index >= 15 is 0 Å². The van der Waals surface area contributed by atoms with Crippen LogP contribution >= 0.6 is 0 Å². The van der Waals surface area contributed by atoms with Crippen molar-refractivity contribution in [1.29, 1.82) is 0 Å². The molecule has 0 saturated carbocycles. The third-order valence-electron chi connectivity index (χ3n) is 2.58. The average molecular weight is 223 g/mol. The Morgan fingerprint density at radius 3 is 3.19 bits per heavy atom. The molecule has 1 saturated heterocycles. The van der Waals surface area contributed by atoms with E-state index in [9.17, 15) is 0 Å². The molecule has 16 heavy (non-hydrogen) atoms. The first-order valence-electron chi connectivity index (χ1n) is 5.60. The van der Waals surface area contributed by atoms with Gasteiger partial charge in [-0.3, -0.25) is 0 Å². The van der Waals surface area contributed by atoms with Gasteiger partial charge in [-0.05, 0) is 13.8 Å². The third kappa shape index (κ3) is 2.41. The largest absolute Gasteiger partial charge is 0.478 e. The minimum atomic E-state index is 0.345. The number of morpholine rings is 1. The number of hydrogen-bond donors (Lipinski definition) is 0. The maximum Gasteiger partial charge on any atom is 0.218 e. The molecule has 0 aliphatic carbocycles. The van der Waals surface area contributed by atoms with E-state index in [-0.39, 0.29) is 0 Å².